The summed E-state index contributed by atoms with van der Waals surface area (Å²) in [6.45, 7) is 5.71. The third-order valence-electron chi connectivity index (χ3n) is 6.71. The minimum absolute atomic E-state index is 0.0450. The maximum atomic E-state index is 13.4. The minimum atomic E-state index is -0.0716. The highest BCUT2D eigenvalue weighted by Crippen LogP contribution is 2.48. The lowest BCUT2D eigenvalue weighted by Gasteiger charge is -2.39. The molecule has 0 atom stereocenters. The second-order valence-corrected chi connectivity index (χ2v) is 10.7. The van der Waals surface area contributed by atoms with Gasteiger partial charge in [-0.2, -0.15) is 0 Å². The fourth-order valence-electron chi connectivity index (χ4n) is 4.96. The molecule has 33 heavy (non-hydrogen) atoms. The summed E-state index contributed by atoms with van der Waals surface area (Å²) < 4.78 is 0. The van der Waals surface area contributed by atoms with Gasteiger partial charge in [0.05, 0.1) is 0 Å². The lowest BCUT2D eigenvalue weighted by Crippen LogP contribution is -2.46. The van der Waals surface area contributed by atoms with Gasteiger partial charge in [-0.05, 0) is 91.8 Å². The van der Waals surface area contributed by atoms with E-state index < -0.39 is 0 Å². The molecule has 170 valence electrons. The first-order valence-corrected chi connectivity index (χ1v) is 12.7. The van der Waals surface area contributed by atoms with Gasteiger partial charge >= 0.3 is 0 Å². The molecule has 1 aromatic carbocycles. The van der Waals surface area contributed by atoms with Crippen molar-refractivity contribution in [2.45, 2.75) is 25.2 Å². The minimum Gasteiger partial charge on any atom is -0.307 e. The first kappa shape index (κ1) is 22.6. The Morgan fingerprint density at radius 3 is 2.73 bits per heavy atom. The first-order chi connectivity index (χ1) is 15.9. The van der Waals surface area contributed by atoms with Crippen molar-refractivity contribution in [3.8, 4) is 0 Å². The Kier molecular flexibility index (Phi) is 6.32. The van der Waals surface area contributed by atoms with Crippen LogP contribution in [0.5, 0.6) is 0 Å². The topological polar surface area (TPSA) is 36.4 Å². The van der Waals surface area contributed by atoms with Crippen molar-refractivity contribution in [1.82, 2.24) is 9.88 Å². The van der Waals surface area contributed by atoms with Crippen LogP contribution < -0.4 is 4.90 Å². The number of fused-ring (bicyclic) bond motifs is 2. The maximum Gasteiger partial charge on any atom is 0.258 e. The monoisotopic (exact) mass is 497 g/mol. The number of piperidine rings is 1. The average molecular weight is 498 g/mol. The Morgan fingerprint density at radius 2 is 2.00 bits per heavy atom. The number of likely N-dealkylation sites (tertiary alicyclic amines) is 1. The van der Waals surface area contributed by atoms with Crippen molar-refractivity contribution in [2.75, 3.05) is 31.1 Å². The van der Waals surface area contributed by atoms with Crippen LogP contribution in [0.25, 0.3) is 6.08 Å². The van der Waals surface area contributed by atoms with Crippen LogP contribution in [0.4, 0.5) is 5.69 Å². The predicted octanol–water partition coefficient (Wildman–Crippen LogP) is 6.47. The Balaban J connectivity index is 1.33. The molecule has 0 unspecified atom stereocenters. The molecule has 1 spiro atoms. The van der Waals surface area contributed by atoms with Crippen LogP contribution in [0.2, 0.25) is 10.2 Å². The number of carbonyl (C=O) groups excluding carboxylic acids is 1. The summed E-state index contributed by atoms with van der Waals surface area (Å²) >= 11 is 14.2. The summed E-state index contributed by atoms with van der Waals surface area (Å²) in [4.78, 5) is 23.1. The molecule has 7 heteroatoms. The molecule has 5 rings (SSSR count). The predicted molar refractivity (Wildman–Crippen MR) is 138 cm³/mol. The number of thiophene rings is 1. The number of aromatic nitrogens is 1. The van der Waals surface area contributed by atoms with Gasteiger partial charge in [0.15, 0.2) is 0 Å². The normalized spacial score (nSPS) is 17.7. The third kappa shape index (κ3) is 4.60. The van der Waals surface area contributed by atoms with E-state index in [0.717, 1.165) is 38.2 Å². The molecule has 2 aliphatic rings. The van der Waals surface area contributed by atoms with Crippen molar-refractivity contribution in [3.05, 3.63) is 85.8 Å². The lowest BCUT2D eigenvalue weighted by atomic mass is 9.74. The summed E-state index contributed by atoms with van der Waals surface area (Å²) in [7, 11) is 0. The van der Waals surface area contributed by atoms with E-state index >= 15 is 0 Å². The van der Waals surface area contributed by atoms with Crippen LogP contribution in [-0.2, 0) is 5.41 Å². The fraction of sp³-hybridized carbons (Fsp3) is 0.308. The Bertz CT molecular complexity index is 1210. The van der Waals surface area contributed by atoms with Crippen LogP contribution in [0, 0.1) is 6.92 Å². The number of nitrogens with zero attached hydrogens (tertiary/aromatic N) is 3. The summed E-state index contributed by atoms with van der Waals surface area (Å²) in [6, 6.07) is 11.5. The van der Waals surface area contributed by atoms with Crippen LogP contribution >= 0.6 is 34.5 Å². The molecule has 3 aromatic rings. The number of anilines is 1. The second-order valence-electron chi connectivity index (χ2n) is 8.93. The number of benzene rings is 1. The zero-order chi connectivity index (χ0) is 23.0. The van der Waals surface area contributed by atoms with Gasteiger partial charge < -0.3 is 4.90 Å². The van der Waals surface area contributed by atoms with E-state index in [4.69, 9.17) is 23.2 Å². The molecule has 0 N–H and O–H groups in total. The van der Waals surface area contributed by atoms with E-state index in [-0.39, 0.29) is 11.3 Å². The van der Waals surface area contributed by atoms with Gasteiger partial charge in [0.1, 0.15) is 5.15 Å². The molecule has 4 nitrogen and oxygen atoms in total. The van der Waals surface area contributed by atoms with Crippen LogP contribution in [-0.4, -0.2) is 42.0 Å². The van der Waals surface area contributed by atoms with E-state index in [1.54, 1.807) is 29.7 Å². The molecule has 2 aliphatic heterocycles. The highest BCUT2D eigenvalue weighted by Gasteiger charge is 2.46. The Morgan fingerprint density at radius 1 is 1.18 bits per heavy atom. The highest BCUT2D eigenvalue weighted by atomic mass is 35.5. The van der Waals surface area contributed by atoms with E-state index in [2.05, 4.69) is 46.5 Å². The van der Waals surface area contributed by atoms with E-state index in [9.17, 15) is 4.79 Å². The number of carbonyl (C=O) groups is 1. The number of rotatable bonds is 4. The van der Waals surface area contributed by atoms with Crippen molar-refractivity contribution >= 4 is 52.2 Å². The van der Waals surface area contributed by atoms with Crippen LogP contribution in [0.15, 0.2) is 54.1 Å². The molecule has 0 radical (unpaired) electrons. The highest BCUT2D eigenvalue weighted by molar-refractivity contribution is 7.11. The zero-order valence-corrected chi connectivity index (χ0v) is 20.8. The fourth-order valence-corrected chi connectivity index (χ4v) is 6.13. The Labute approximate surface area is 208 Å². The third-order valence-corrected chi connectivity index (χ3v) is 8.17. The lowest BCUT2D eigenvalue weighted by molar-refractivity contribution is 0.0977. The van der Waals surface area contributed by atoms with Crippen molar-refractivity contribution in [1.29, 1.82) is 0 Å². The number of hydrogen-bond donors (Lipinski definition) is 0. The summed E-state index contributed by atoms with van der Waals surface area (Å²) in [5.41, 5.74) is 3.94. The zero-order valence-electron chi connectivity index (χ0n) is 18.4. The second kappa shape index (κ2) is 9.22. The van der Waals surface area contributed by atoms with E-state index in [1.807, 2.05) is 17.0 Å². The number of halogens is 2. The smallest absolute Gasteiger partial charge is 0.258 e. The van der Waals surface area contributed by atoms with Gasteiger partial charge in [-0.3, -0.25) is 9.69 Å². The maximum absolute atomic E-state index is 13.4. The number of hydrogen-bond acceptors (Lipinski definition) is 4. The van der Waals surface area contributed by atoms with E-state index in [0.29, 0.717) is 22.3 Å². The van der Waals surface area contributed by atoms with Gasteiger partial charge in [0.25, 0.3) is 5.91 Å². The number of amides is 1. The van der Waals surface area contributed by atoms with Gasteiger partial charge in [0.2, 0.25) is 0 Å². The molecule has 1 saturated heterocycles. The molecular weight excluding hydrogens is 473 g/mol. The molecule has 0 saturated carbocycles. The molecule has 0 aliphatic carbocycles. The van der Waals surface area contributed by atoms with Crippen molar-refractivity contribution < 1.29 is 4.79 Å². The van der Waals surface area contributed by atoms with Crippen LogP contribution in [0.3, 0.4) is 0 Å². The molecule has 0 bridgehead atoms. The first-order valence-electron chi connectivity index (χ1n) is 11.1. The SMILES string of the molecule is Cc1csc(C=CCN2CCC3(CC2)CN(C(=O)c2ccnc(Cl)c2)c2ccc(Cl)cc23)c1. The summed E-state index contributed by atoms with van der Waals surface area (Å²) in [5.74, 6) is -0.0450. The van der Waals surface area contributed by atoms with Gasteiger partial charge in [-0.1, -0.05) is 29.3 Å². The summed E-state index contributed by atoms with van der Waals surface area (Å²) in [6.07, 6.45) is 8.03. The average Bonchev–Trinajstić information content (AvgIpc) is 3.36. The van der Waals surface area contributed by atoms with Gasteiger partial charge in [0, 0.05) is 45.9 Å². The molecule has 1 fully saturated rings. The van der Waals surface area contributed by atoms with Crippen LogP contribution in [0.1, 0.15) is 39.2 Å². The quantitative estimate of drug-likeness (QED) is 0.387. The molecule has 2 aromatic heterocycles. The van der Waals surface area contributed by atoms with Gasteiger partial charge in [-0.25, -0.2) is 4.98 Å². The van der Waals surface area contributed by atoms with Gasteiger partial charge in [-0.15, -0.1) is 11.3 Å². The van der Waals surface area contributed by atoms with Crippen molar-refractivity contribution in [2.24, 2.45) is 0 Å². The number of pyridine rings is 1. The molecular formula is C26H25Cl2N3OS. The molecule has 1 amide bonds. The summed E-state index contributed by atoms with van der Waals surface area (Å²) in [5, 5.41) is 3.22. The van der Waals surface area contributed by atoms with E-state index in [1.165, 1.54) is 16.0 Å². The standard InChI is InChI=1S/C26H25Cl2N3OS/c1-18-13-21(33-16-18)3-2-10-30-11-7-26(8-12-30)17-31(23-5-4-20(27)15-22(23)26)25(32)19-6-9-29-24(28)14-19/h2-6,9,13-16H,7-8,10-12,17H2,1H3. The van der Waals surface area contributed by atoms with Crippen molar-refractivity contribution in [3.63, 3.8) is 0 Å². The Hall–Kier alpha value is -2.18. The molecule has 4 heterocycles. The largest absolute Gasteiger partial charge is 0.307 e. The number of aryl methyl sites for hydroxylation is 1.